The average molecular weight is 285 g/mol. The fourth-order valence-corrected chi connectivity index (χ4v) is 3.18. The van der Waals surface area contributed by atoms with Crippen molar-refractivity contribution in [3.8, 4) is 0 Å². The topological polar surface area (TPSA) is 58.0 Å². The molecule has 1 aromatic carbocycles. The molecule has 102 valence electrons. The van der Waals surface area contributed by atoms with Crippen LogP contribution >= 0.6 is 11.3 Å². The summed E-state index contributed by atoms with van der Waals surface area (Å²) in [6.07, 6.45) is 0. The quantitative estimate of drug-likeness (QED) is 0.740. The van der Waals surface area contributed by atoms with Gasteiger partial charge >= 0.3 is 0 Å². The molecule has 3 rings (SSSR count). The van der Waals surface area contributed by atoms with E-state index in [2.05, 4.69) is 29.4 Å². The van der Waals surface area contributed by atoms with E-state index in [4.69, 9.17) is 0 Å². The molecule has 2 aromatic heterocycles. The molecule has 2 heterocycles. The largest absolute Gasteiger partial charge is 0.544 e. The third kappa shape index (κ3) is 2.20. The van der Waals surface area contributed by atoms with Gasteiger partial charge in [0.05, 0.1) is 23.1 Å². The summed E-state index contributed by atoms with van der Waals surface area (Å²) in [7, 11) is 0. The van der Waals surface area contributed by atoms with Crippen LogP contribution in [0.5, 0.6) is 0 Å². The van der Waals surface area contributed by atoms with Crippen molar-refractivity contribution < 1.29 is 9.90 Å². The van der Waals surface area contributed by atoms with Crippen molar-refractivity contribution in [1.82, 2.24) is 9.78 Å². The van der Waals surface area contributed by atoms with E-state index >= 15 is 0 Å². The Labute approximate surface area is 120 Å². The number of carboxylic acid groups (broad SMARTS) is 1. The van der Waals surface area contributed by atoms with E-state index in [0.29, 0.717) is 6.54 Å². The number of thiophene rings is 1. The van der Waals surface area contributed by atoms with Crippen LogP contribution in [0.15, 0.2) is 30.3 Å². The molecule has 0 unspecified atom stereocenters. The number of aromatic nitrogens is 2. The van der Waals surface area contributed by atoms with Gasteiger partial charge in [0.25, 0.3) is 0 Å². The van der Waals surface area contributed by atoms with E-state index in [1.165, 1.54) is 16.9 Å². The zero-order valence-electron chi connectivity index (χ0n) is 11.2. The molecular formula is C15H13N2O2S-. The first-order valence-corrected chi connectivity index (χ1v) is 7.10. The van der Waals surface area contributed by atoms with Crippen LogP contribution in [0.4, 0.5) is 0 Å². The maximum atomic E-state index is 11.0. The molecule has 5 heteroatoms. The summed E-state index contributed by atoms with van der Waals surface area (Å²) in [5.41, 5.74) is 3.20. The minimum absolute atomic E-state index is 0.248. The van der Waals surface area contributed by atoms with E-state index in [9.17, 15) is 9.90 Å². The number of rotatable bonds is 3. The molecule has 0 N–H and O–H groups in total. The second-order valence-corrected chi connectivity index (χ2v) is 5.88. The van der Waals surface area contributed by atoms with E-state index < -0.39 is 5.97 Å². The lowest BCUT2D eigenvalue weighted by Gasteiger charge is -2.03. The van der Waals surface area contributed by atoms with Gasteiger partial charge in [0, 0.05) is 5.39 Å². The molecule has 0 fully saturated rings. The van der Waals surface area contributed by atoms with Gasteiger partial charge in [0.1, 0.15) is 4.83 Å². The molecule has 0 aliphatic heterocycles. The SMILES string of the molecule is Cc1ccc(Cn2nc(C)c3cc(C(=O)[O-])sc32)cc1. The van der Waals surface area contributed by atoms with E-state index in [-0.39, 0.29) is 4.88 Å². The summed E-state index contributed by atoms with van der Waals surface area (Å²) < 4.78 is 1.85. The zero-order valence-corrected chi connectivity index (χ0v) is 12.0. The lowest BCUT2D eigenvalue weighted by Crippen LogP contribution is -2.20. The molecule has 0 aliphatic rings. The van der Waals surface area contributed by atoms with Crippen LogP contribution in [-0.4, -0.2) is 15.7 Å². The van der Waals surface area contributed by atoms with Crippen LogP contribution in [0.2, 0.25) is 0 Å². The number of benzene rings is 1. The maximum Gasteiger partial charge on any atom is 0.122 e. The van der Waals surface area contributed by atoms with Crippen LogP contribution in [0.3, 0.4) is 0 Å². The fourth-order valence-electron chi connectivity index (χ4n) is 2.19. The van der Waals surface area contributed by atoms with Crippen LogP contribution in [0.25, 0.3) is 10.2 Å². The van der Waals surface area contributed by atoms with Crippen molar-refractivity contribution in [3.63, 3.8) is 0 Å². The summed E-state index contributed by atoms with van der Waals surface area (Å²) in [5.74, 6) is -1.13. The van der Waals surface area contributed by atoms with E-state index in [1.54, 1.807) is 6.07 Å². The highest BCUT2D eigenvalue weighted by atomic mass is 32.1. The standard InChI is InChI=1S/C15H14N2O2S/c1-9-3-5-11(6-4-9)8-17-14-12(10(2)16-17)7-13(20-14)15(18)19/h3-7H,8H2,1-2H3,(H,18,19)/p-1. The van der Waals surface area contributed by atoms with Crippen molar-refractivity contribution >= 4 is 27.5 Å². The van der Waals surface area contributed by atoms with Crippen LogP contribution in [0.1, 0.15) is 26.5 Å². The summed E-state index contributed by atoms with van der Waals surface area (Å²) in [4.78, 5) is 12.1. The third-order valence-electron chi connectivity index (χ3n) is 3.26. The highest BCUT2D eigenvalue weighted by Gasteiger charge is 2.12. The summed E-state index contributed by atoms with van der Waals surface area (Å²) in [6, 6.07) is 9.88. The molecule has 0 atom stereocenters. The molecular weight excluding hydrogens is 272 g/mol. The van der Waals surface area contributed by atoms with Gasteiger partial charge in [-0.1, -0.05) is 29.8 Å². The molecule has 0 aliphatic carbocycles. The fraction of sp³-hybridized carbons (Fsp3) is 0.200. The minimum Gasteiger partial charge on any atom is -0.544 e. The van der Waals surface area contributed by atoms with Gasteiger partial charge in [-0.3, -0.25) is 4.68 Å². The van der Waals surface area contributed by atoms with E-state index in [1.807, 2.05) is 18.5 Å². The lowest BCUT2D eigenvalue weighted by molar-refractivity contribution is -0.254. The molecule has 0 saturated carbocycles. The van der Waals surface area contributed by atoms with Crippen molar-refractivity contribution in [2.45, 2.75) is 20.4 Å². The van der Waals surface area contributed by atoms with Crippen molar-refractivity contribution in [3.05, 3.63) is 52.0 Å². The van der Waals surface area contributed by atoms with Gasteiger partial charge in [0.2, 0.25) is 0 Å². The highest BCUT2D eigenvalue weighted by Crippen LogP contribution is 2.28. The van der Waals surface area contributed by atoms with Gasteiger partial charge in [-0.25, -0.2) is 0 Å². The lowest BCUT2D eigenvalue weighted by atomic mass is 10.1. The summed E-state index contributed by atoms with van der Waals surface area (Å²) in [5, 5.41) is 16.3. The van der Waals surface area contributed by atoms with Gasteiger partial charge < -0.3 is 9.90 Å². The molecule has 3 aromatic rings. The first-order chi connectivity index (χ1) is 9.54. The van der Waals surface area contributed by atoms with Crippen molar-refractivity contribution in [2.75, 3.05) is 0 Å². The van der Waals surface area contributed by atoms with Crippen LogP contribution in [0, 0.1) is 13.8 Å². The Morgan fingerprint density at radius 3 is 2.65 bits per heavy atom. The normalized spacial score (nSPS) is 11.1. The van der Waals surface area contributed by atoms with Crippen molar-refractivity contribution in [2.24, 2.45) is 0 Å². The number of carboxylic acids is 1. The predicted molar refractivity (Wildman–Crippen MR) is 77.0 cm³/mol. The molecule has 0 spiro atoms. The van der Waals surface area contributed by atoms with Gasteiger partial charge in [-0.15, -0.1) is 11.3 Å². The summed E-state index contributed by atoms with van der Waals surface area (Å²) in [6.45, 7) is 4.57. The smallest absolute Gasteiger partial charge is 0.122 e. The monoisotopic (exact) mass is 285 g/mol. The number of aryl methyl sites for hydroxylation is 2. The van der Waals surface area contributed by atoms with Crippen LogP contribution < -0.4 is 5.11 Å². The Kier molecular flexibility index (Phi) is 3.06. The minimum atomic E-state index is -1.13. The molecule has 0 amide bonds. The highest BCUT2D eigenvalue weighted by molar-refractivity contribution is 7.20. The molecule has 20 heavy (non-hydrogen) atoms. The Morgan fingerprint density at radius 1 is 1.30 bits per heavy atom. The van der Waals surface area contributed by atoms with Gasteiger partial charge in [-0.2, -0.15) is 5.10 Å². The molecule has 4 nitrogen and oxygen atoms in total. The second-order valence-electron chi connectivity index (χ2n) is 4.85. The predicted octanol–water partition coefficient (Wildman–Crippen LogP) is 2.13. The van der Waals surface area contributed by atoms with Gasteiger partial charge in [0.15, 0.2) is 0 Å². The van der Waals surface area contributed by atoms with Crippen molar-refractivity contribution in [1.29, 1.82) is 0 Å². The third-order valence-corrected chi connectivity index (χ3v) is 4.39. The Morgan fingerprint density at radius 2 is 2.00 bits per heavy atom. The average Bonchev–Trinajstić information content (AvgIpc) is 2.95. The number of nitrogens with zero attached hydrogens (tertiary/aromatic N) is 2. The Bertz CT molecular complexity index is 784. The Hall–Kier alpha value is -2.14. The molecule has 0 saturated heterocycles. The number of hydrogen-bond donors (Lipinski definition) is 0. The molecule has 0 radical (unpaired) electrons. The van der Waals surface area contributed by atoms with Gasteiger partial charge in [-0.05, 0) is 25.5 Å². The number of hydrogen-bond acceptors (Lipinski definition) is 4. The van der Waals surface area contributed by atoms with E-state index in [0.717, 1.165) is 21.5 Å². The number of aromatic carboxylic acids is 1. The first-order valence-electron chi connectivity index (χ1n) is 6.28. The number of fused-ring (bicyclic) bond motifs is 1. The summed E-state index contributed by atoms with van der Waals surface area (Å²) >= 11 is 1.21. The molecule has 0 bridgehead atoms. The maximum absolute atomic E-state index is 11.0. The first kappa shape index (κ1) is 12.9. The zero-order chi connectivity index (χ0) is 14.3. The number of carbonyl (C=O) groups is 1. The number of carbonyl (C=O) groups excluding carboxylic acids is 1. The Balaban J connectivity index is 2.02. The van der Waals surface area contributed by atoms with Crippen LogP contribution in [-0.2, 0) is 6.54 Å². The second kappa shape index (κ2) is 4.76.